The van der Waals surface area contributed by atoms with Gasteiger partial charge in [-0.15, -0.1) is 10.2 Å². The fraction of sp³-hybridized carbons (Fsp3) is 0.100. The van der Waals surface area contributed by atoms with E-state index in [0.29, 0.717) is 5.39 Å². The smallest absolute Gasteiger partial charge is 0.261 e. The Bertz CT molecular complexity index is 701. The molecular formula is C10H5F3N4. The Labute approximate surface area is 92.7 Å². The Morgan fingerprint density at radius 1 is 1.12 bits per heavy atom. The number of nitrogens with zero attached hydrogens (tertiary/aromatic N) is 4. The van der Waals surface area contributed by atoms with Gasteiger partial charge in [0.25, 0.3) is 0 Å². The molecule has 7 heteroatoms. The van der Waals surface area contributed by atoms with Crippen molar-refractivity contribution in [3.05, 3.63) is 36.4 Å². The summed E-state index contributed by atoms with van der Waals surface area (Å²) in [4.78, 5) is 3.60. The van der Waals surface area contributed by atoms with E-state index in [0.717, 1.165) is 10.7 Å². The van der Waals surface area contributed by atoms with Gasteiger partial charge in [0.15, 0.2) is 5.65 Å². The molecule has 2 heterocycles. The average molecular weight is 238 g/mol. The lowest BCUT2D eigenvalue weighted by atomic mass is 10.2. The molecule has 3 rings (SSSR count). The second kappa shape index (κ2) is 3.16. The van der Waals surface area contributed by atoms with Crippen LogP contribution in [0.5, 0.6) is 0 Å². The molecule has 0 unspecified atom stereocenters. The summed E-state index contributed by atoms with van der Waals surface area (Å²) < 4.78 is 39.2. The molecule has 0 aliphatic rings. The van der Waals surface area contributed by atoms with E-state index in [1.54, 1.807) is 18.2 Å². The second-order valence-electron chi connectivity index (χ2n) is 3.47. The number of para-hydroxylation sites is 1. The Kier molecular flexibility index (Phi) is 1.86. The molecule has 86 valence electrons. The normalized spacial score (nSPS) is 12.4. The molecule has 0 N–H and O–H groups in total. The van der Waals surface area contributed by atoms with Gasteiger partial charge in [-0.2, -0.15) is 13.2 Å². The summed E-state index contributed by atoms with van der Waals surface area (Å²) in [6, 6.07) is 6.51. The predicted octanol–water partition coefficient (Wildman–Crippen LogP) is 2.30. The minimum Gasteiger partial charge on any atom is -0.261 e. The lowest BCUT2D eigenvalue weighted by Gasteiger charge is -2.09. The predicted molar refractivity (Wildman–Crippen MR) is 53.3 cm³/mol. The number of halogens is 3. The molecular weight excluding hydrogens is 233 g/mol. The van der Waals surface area contributed by atoms with E-state index in [9.17, 15) is 13.2 Å². The standard InChI is InChI=1S/C10H5F3N4/c11-10(12,13)9-15-7-4-2-1-3-6(7)8-16-14-5-17(8)9/h1-5H. The van der Waals surface area contributed by atoms with Crippen molar-refractivity contribution in [1.29, 1.82) is 0 Å². The van der Waals surface area contributed by atoms with Gasteiger partial charge in [-0.1, -0.05) is 12.1 Å². The minimum atomic E-state index is -4.54. The summed E-state index contributed by atoms with van der Waals surface area (Å²) in [7, 11) is 0. The molecule has 0 fully saturated rings. The highest BCUT2D eigenvalue weighted by Gasteiger charge is 2.36. The third-order valence-electron chi connectivity index (χ3n) is 2.40. The van der Waals surface area contributed by atoms with Crippen LogP contribution in [0.15, 0.2) is 30.6 Å². The third kappa shape index (κ3) is 1.42. The summed E-state index contributed by atoms with van der Waals surface area (Å²) in [5.41, 5.74) is 0.406. The Balaban J connectivity index is 2.53. The number of rotatable bonds is 0. The summed E-state index contributed by atoms with van der Waals surface area (Å²) in [6.07, 6.45) is -3.53. The largest absolute Gasteiger partial charge is 0.450 e. The van der Waals surface area contributed by atoms with E-state index in [-0.39, 0.29) is 11.2 Å². The molecule has 1 aromatic carbocycles. The molecule has 0 aliphatic heterocycles. The van der Waals surface area contributed by atoms with Gasteiger partial charge in [0.2, 0.25) is 5.82 Å². The number of alkyl halides is 3. The zero-order chi connectivity index (χ0) is 12.0. The van der Waals surface area contributed by atoms with Crippen LogP contribution < -0.4 is 0 Å². The fourth-order valence-electron chi connectivity index (χ4n) is 1.70. The van der Waals surface area contributed by atoms with Crippen LogP contribution in [-0.4, -0.2) is 19.6 Å². The number of benzene rings is 1. The van der Waals surface area contributed by atoms with Gasteiger partial charge in [-0.05, 0) is 12.1 Å². The van der Waals surface area contributed by atoms with Gasteiger partial charge in [0.05, 0.1) is 5.52 Å². The fourth-order valence-corrected chi connectivity index (χ4v) is 1.70. The zero-order valence-electron chi connectivity index (χ0n) is 8.31. The van der Waals surface area contributed by atoms with Gasteiger partial charge < -0.3 is 0 Å². The average Bonchev–Trinajstić information content (AvgIpc) is 2.75. The van der Waals surface area contributed by atoms with Crippen molar-refractivity contribution in [2.75, 3.05) is 0 Å². The second-order valence-corrected chi connectivity index (χ2v) is 3.47. The number of hydrogen-bond donors (Lipinski definition) is 0. The lowest BCUT2D eigenvalue weighted by molar-refractivity contribution is -0.145. The SMILES string of the molecule is FC(F)(F)c1nc2ccccc2c2nncn12. The molecule has 0 saturated heterocycles. The van der Waals surface area contributed by atoms with Crippen LogP contribution in [0.2, 0.25) is 0 Å². The van der Waals surface area contributed by atoms with Gasteiger partial charge in [0.1, 0.15) is 6.33 Å². The summed E-state index contributed by atoms with van der Waals surface area (Å²) >= 11 is 0. The molecule has 0 radical (unpaired) electrons. The molecule has 2 aromatic heterocycles. The van der Waals surface area contributed by atoms with Crippen molar-refractivity contribution in [3.8, 4) is 0 Å². The Morgan fingerprint density at radius 2 is 1.88 bits per heavy atom. The summed E-state index contributed by atoms with van der Waals surface area (Å²) in [5, 5.41) is 7.73. The number of fused-ring (bicyclic) bond motifs is 3. The molecule has 0 atom stereocenters. The highest BCUT2D eigenvalue weighted by Crippen LogP contribution is 2.30. The Hall–Kier alpha value is -2.18. The first-order valence-electron chi connectivity index (χ1n) is 4.73. The summed E-state index contributed by atoms with van der Waals surface area (Å²) in [6.45, 7) is 0. The monoisotopic (exact) mass is 238 g/mol. The van der Waals surface area contributed by atoms with Crippen LogP contribution in [0.4, 0.5) is 13.2 Å². The van der Waals surface area contributed by atoms with Crippen LogP contribution in [0, 0.1) is 0 Å². The van der Waals surface area contributed by atoms with Crippen molar-refractivity contribution in [3.63, 3.8) is 0 Å². The molecule has 17 heavy (non-hydrogen) atoms. The van der Waals surface area contributed by atoms with Gasteiger partial charge in [-0.3, -0.25) is 4.40 Å². The topological polar surface area (TPSA) is 43.1 Å². The van der Waals surface area contributed by atoms with Crippen molar-refractivity contribution < 1.29 is 13.2 Å². The van der Waals surface area contributed by atoms with Crippen LogP contribution >= 0.6 is 0 Å². The first-order chi connectivity index (χ1) is 8.07. The molecule has 4 nitrogen and oxygen atoms in total. The molecule has 0 saturated carbocycles. The first kappa shape index (κ1) is 10.0. The highest BCUT2D eigenvalue weighted by atomic mass is 19.4. The first-order valence-corrected chi connectivity index (χ1v) is 4.73. The lowest BCUT2D eigenvalue weighted by Crippen LogP contribution is -2.14. The van der Waals surface area contributed by atoms with Crippen molar-refractivity contribution in [2.24, 2.45) is 0 Å². The van der Waals surface area contributed by atoms with Crippen LogP contribution in [-0.2, 0) is 6.18 Å². The maximum atomic E-state index is 12.8. The van der Waals surface area contributed by atoms with E-state index < -0.39 is 12.0 Å². The molecule has 3 aromatic rings. The summed E-state index contributed by atoms with van der Waals surface area (Å²) in [5.74, 6) is -1.02. The maximum Gasteiger partial charge on any atom is 0.450 e. The van der Waals surface area contributed by atoms with Gasteiger partial charge >= 0.3 is 6.18 Å². The van der Waals surface area contributed by atoms with Crippen LogP contribution in [0.3, 0.4) is 0 Å². The van der Waals surface area contributed by atoms with Gasteiger partial charge in [-0.25, -0.2) is 4.98 Å². The highest BCUT2D eigenvalue weighted by molar-refractivity contribution is 5.91. The maximum absolute atomic E-state index is 12.8. The zero-order valence-corrected chi connectivity index (χ0v) is 8.31. The van der Waals surface area contributed by atoms with E-state index in [1.165, 1.54) is 6.07 Å². The molecule has 0 bridgehead atoms. The van der Waals surface area contributed by atoms with Crippen LogP contribution in [0.1, 0.15) is 5.82 Å². The van der Waals surface area contributed by atoms with Crippen molar-refractivity contribution in [1.82, 2.24) is 19.6 Å². The molecule has 0 spiro atoms. The number of hydrogen-bond acceptors (Lipinski definition) is 3. The Morgan fingerprint density at radius 3 is 2.65 bits per heavy atom. The molecule has 0 aliphatic carbocycles. The minimum absolute atomic E-state index is 0.155. The number of aromatic nitrogens is 4. The van der Waals surface area contributed by atoms with E-state index in [2.05, 4.69) is 15.2 Å². The van der Waals surface area contributed by atoms with E-state index in [4.69, 9.17) is 0 Å². The van der Waals surface area contributed by atoms with Crippen LogP contribution in [0.25, 0.3) is 16.6 Å². The third-order valence-corrected chi connectivity index (χ3v) is 2.40. The van der Waals surface area contributed by atoms with E-state index in [1.807, 2.05) is 0 Å². The van der Waals surface area contributed by atoms with Crippen molar-refractivity contribution >= 4 is 16.6 Å². The molecule has 0 amide bonds. The van der Waals surface area contributed by atoms with Gasteiger partial charge in [0, 0.05) is 5.39 Å². The quantitative estimate of drug-likeness (QED) is 0.603. The van der Waals surface area contributed by atoms with Crippen molar-refractivity contribution in [2.45, 2.75) is 6.18 Å². The van der Waals surface area contributed by atoms with E-state index >= 15 is 0 Å².